The van der Waals surface area contributed by atoms with Gasteiger partial charge in [0.05, 0.1) is 24.8 Å². The van der Waals surface area contributed by atoms with Crippen molar-refractivity contribution in [1.82, 2.24) is 0 Å². The number of methoxy groups -OCH3 is 2. The van der Waals surface area contributed by atoms with Gasteiger partial charge in [0.2, 0.25) is 0 Å². The zero-order valence-corrected chi connectivity index (χ0v) is 16.5. The number of halogens is 2. The number of alkyl halides is 2. The van der Waals surface area contributed by atoms with Crippen LogP contribution in [0.25, 0.3) is 6.08 Å². The molecule has 5 nitrogen and oxygen atoms in total. The Labute approximate surface area is 169 Å². The number of hydrogen-bond acceptors (Lipinski definition) is 6. The van der Waals surface area contributed by atoms with Gasteiger partial charge in [0.15, 0.2) is 15.8 Å². The zero-order chi connectivity index (χ0) is 20.3. The number of hydrogen-bond donors (Lipinski definition) is 0. The van der Waals surface area contributed by atoms with E-state index in [4.69, 9.17) is 21.7 Å². The predicted octanol–water partition coefficient (Wildman–Crippen LogP) is 4.71. The third-order valence-electron chi connectivity index (χ3n) is 3.83. The van der Waals surface area contributed by atoms with Crippen LogP contribution in [0, 0.1) is 0 Å². The Morgan fingerprint density at radius 1 is 1.07 bits per heavy atom. The van der Waals surface area contributed by atoms with Gasteiger partial charge in [-0.15, -0.1) is 0 Å². The van der Waals surface area contributed by atoms with Gasteiger partial charge < -0.3 is 14.2 Å². The molecule has 0 unspecified atom stereocenters. The molecule has 9 heteroatoms. The zero-order valence-electron chi connectivity index (χ0n) is 14.8. The molecule has 3 rings (SSSR count). The lowest BCUT2D eigenvalue weighted by Crippen LogP contribution is -2.27. The van der Waals surface area contributed by atoms with Gasteiger partial charge in [0, 0.05) is 0 Å². The third kappa shape index (κ3) is 4.26. The lowest BCUT2D eigenvalue weighted by atomic mass is 10.2. The van der Waals surface area contributed by atoms with Gasteiger partial charge in [-0.3, -0.25) is 9.69 Å². The Morgan fingerprint density at radius 2 is 1.79 bits per heavy atom. The third-order valence-corrected chi connectivity index (χ3v) is 5.13. The Hall–Kier alpha value is -2.65. The molecule has 2 aromatic rings. The van der Waals surface area contributed by atoms with Crippen LogP contribution < -0.4 is 19.1 Å². The van der Waals surface area contributed by atoms with E-state index < -0.39 is 6.61 Å². The number of thiocarbonyl (C=S) groups is 1. The molecule has 1 fully saturated rings. The fourth-order valence-electron chi connectivity index (χ4n) is 2.54. The lowest BCUT2D eigenvalue weighted by molar-refractivity contribution is -0.113. The monoisotopic (exact) mass is 423 g/mol. The average Bonchev–Trinajstić information content (AvgIpc) is 2.96. The number of ether oxygens (including phenoxy) is 3. The molecule has 1 saturated heterocycles. The molecule has 0 N–H and O–H groups in total. The largest absolute Gasteiger partial charge is 0.497 e. The fraction of sp³-hybridized carbons (Fsp3) is 0.158. The molecule has 0 aliphatic carbocycles. The van der Waals surface area contributed by atoms with Crippen molar-refractivity contribution >= 4 is 46.0 Å². The van der Waals surface area contributed by atoms with Crippen LogP contribution >= 0.6 is 24.0 Å². The summed E-state index contributed by atoms with van der Waals surface area (Å²) < 4.78 is 39.9. The molecule has 0 radical (unpaired) electrons. The summed E-state index contributed by atoms with van der Waals surface area (Å²) in [6.45, 7) is -2.96. The van der Waals surface area contributed by atoms with E-state index in [1.807, 2.05) is 0 Å². The van der Waals surface area contributed by atoms with Crippen molar-refractivity contribution in [3.63, 3.8) is 0 Å². The van der Waals surface area contributed by atoms with E-state index in [0.29, 0.717) is 26.2 Å². The molecule has 1 aliphatic heterocycles. The summed E-state index contributed by atoms with van der Waals surface area (Å²) in [5.41, 5.74) is 1.22. The van der Waals surface area contributed by atoms with E-state index in [-0.39, 0.29) is 17.4 Å². The highest BCUT2D eigenvalue weighted by Crippen LogP contribution is 2.37. The molecule has 1 heterocycles. The van der Waals surface area contributed by atoms with Gasteiger partial charge in [-0.2, -0.15) is 8.78 Å². The maximum atomic E-state index is 12.8. The molecular weight excluding hydrogens is 408 g/mol. The lowest BCUT2D eigenvalue weighted by Gasteiger charge is -2.14. The minimum atomic E-state index is -2.96. The van der Waals surface area contributed by atoms with Crippen LogP contribution in [-0.4, -0.2) is 31.1 Å². The molecular formula is C19H15F2NO4S2. The van der Waals surface area contributed by atoms with Gasteiger partial charge in [-0.25, -0.2) is 0 Å². The Bertz CT molecular complexity index is 932. The molecule has 0 atom stereocenters. The summed E-state index contributed by atoms with van der Waals surface area (Å²) in [6, 6.07) is 11.4. The number of anilines is 1. The number of nitrogens with zero attached hydrogens (tertiary/aromatic N) is 1. The SMILES string of the molecule is COc1ccc(N2C(=O)/C(=C\c3ccc(OC(F)F)c(OC)c3)SC2=S)cc1. The number of thioether (sulfide) groups is 1. The van der Waals surface area contributed by atoms with Crippen LogP contribution in [0.4, 0.5) is 14.5 Å². The van der Waals surface area contributed by atoms with Crippen LogP contribution in [0.1, 0.15) is 5.56 Å². The van der Waals surface area contributed by atoms with E-state index in [9.17, 15) is 13.6 Å². The van der Waals surface area contributed by atoms with Gasteiger partial charge in [-0.1, -0.05) is 30.0 Å². The highest BCUT2D eigenvalue weighted by molar-refractivity contribution is 8.27. The van der Waals surface area contributed by atoms with E-state index in [1.54, 1.807) is 43.5 Å². The van der Waals surface area contributed by atoms with Crippen molar-refractivity contribution in [2.24, 2.45) is 0 Å². The second kappa shape index (κ2) is 8.57. The Balaban J connectivity index is 1.86. The van der Waals surface area contributed by atoms with Crippen molar-refractivity contribution < 1.29 is 27.8 Å². The smallest absolute Gasteiger partial charge is 0.387 e. The minimum absolute atomic E-state index is 0.0829. The molecule has 28 heavy (non-hydrogen) atoms. The number of rotatable bonds is 6. The highest BCUT2D eigenvalue weighted by atomic mass is 32.2. The first-order valence-electron chi connectivity index (χ1n) is 7.98. The van der Waals surface area contributed by atoms with Gasteiger partial charge in [0.25, 0.3) is 5.91 Å². The van der Waals surface area contributed by atoms with Crippen molar-refractivity contribution in [2.45, 2.75) is 6.61 Å². The second-order valence-corrected chi connectivity index (χ2v) is 7.18. The first-order valence-corrected chi connectivity index (χ1v) is 9.20. The molecule has 1 aliphatic rings. The summed E-state index contributed by atoms with van der Waals surface area (Å²) >= 11 is 6.49. The van der Waals surface area contributed by atoms with Crippen LogP contribution in [0.15, 0.2) is 47.4 Å². The van der Waals surface area contributed by atoms with Crippen molar-refractivity contribution in [3.8, 4) is 17.2 Å². The average molecular weight is 423 g/mol. The fourth-order valence-corrected chi connectivity index (χ4v) is 3.84. The first kappa shape index (κ1) is 20.1. The van der Waals surface area contributed by atoms with E-state index in [1.165, 1.54) is 24.1 Å². The van der Waals surface area contributed by atoms with Crippen molar-refractivity contribution in [1.29, 1.82) is 0 Å². The Kier molecular flexibility index (Phi) is 6.15. The van der Waals surface area contributed by atoms with Gasteiger partial charge >= 0.3 is 6.61 Å². The maximum Gasteiger partial charge on any atom is 0.387 e. The van der Waals surface area contributed by atoms with Crippen LogP contribution in [0.2, 0.25) is 0 Å². The Morgan fingerprint density at radius 3 is 2.39 bits per heavy atom. The van der Waals surface area contributed by atoms with Crippen molar-refractivity contribution in [3.05, 3.63) is 52.9 Å². The second-order valence-electron chi connectivity index (χ2n) is 5.50. The van der Waals surface area contributed by atoms with Crippen LogP contribution in [0.3, 0.4) is 0 Å². The summed E-state index contributed by atoms with van der Waals surface area (Å²) in [4.78, 5) is 14.6. The predicted molar refractivity (Wildman–Crippen MR) is 108 cm³/mol. The maximum absolute atomic E-state index is 12.8. The summed E-state index contributed by atoms with van der Waals surface area (Å²) in [5.74, 6) is 0.454. The molecule has 2 aromatic carbocycles. The molecule has 0 aromatic heterocycles. The van der Waals surface area contributed by atoms with Crippen LogP contribution in [0.5, 0.6) is 17.2 Å². The molecule has 146 valence electrons. The number of carbonyl (C=O) groups is 1. The standard InChI is InChI=1S/C19H15F2NO4S2/c1-24-13-6-4-12(5-7-13)22-17(23)16(28-19(22)27)10-11-3-8-14(26-18(20)21)15(9-11)25-2/h3-10,18H,1-2H3/b16-10+. The number of benzene rings is 2. The minimum Gasteiger partial charge on any atom is -0.497 e. The number of carbonyl (C=O) groups excluding carboxylic acids is 1. The topological polar surface area (TPSA) is 48.0 Å². The van der Waals surface area contributed by atoms with Crippen molar-refractivity contribution in [2.75, 3.05) is 19.1 Å². The number of amides is 1. The highest BCUT2D eigenvalue weighted by Gasteiger charge is 2.33. The van der Waals surface area contributed by atoms with E-state index >= 15 is 0 Å². The molecule has 1 amide bonds. The summed E-state index contributed by atoms with van der Waals surface area (Å²) in [7, 11) is 2.91. The summed E-state index contributed by atoms with van der Waals surface area (Å²) in [6.07, 6.45) is 1.62. The molecule has 0 spiro atoms. The molecule has 0 bridgehead atoms. The quantitative estimate of drug-likeness (QED) is 0.495. The summed E-state index contributed by atoms with van der Waals surface area (Å²) in [5, 5.41) is 0. The van der Waals surface area contributed by atoms with Gasteiger partial charge in [0.1, 0.15) is 5.75 Å². The van der Waals surface area contributed by atoms with E-state index in [0.717, 1.165) is 11.8 Å². The van der Waals surface area contributed by atoms with Crippen LogP contribution in [-0.2, 0) is 4.79 Å². The first-order chi connectivity index (χ1) is 13.4. The molecule has 0 saturated carbocycles. The van der Waals surface area contributed by atoms with E-state index in [2.05, 4.69) is 4.74 Å². The normalized spacial score (nSPS) is 15.5. The van der Waals surface area contributed by atoms with Gasteiger partial charge in [-0.05, 0) is 48.0 Å².